The van der Waals surface area contributed by atoms with Gasteiger partial charge in [-0.25, -0.2) is 0 Å². The molecule has 0 unspecified atom stereocenters. The number of aromatic nitrogens is 2. The summed E-state index contributed by atoms with van der Waals surface area (Å²) >= 11 is 0. The van der Waals surface area contributed by atoms with Crippen molar-refractivity contribution in [1.82, 2.24) is 10.2 Å². The molecule has 42 valence electrons. The zero-order valence-corrected chi connectivity index (χ0v) is 4.00. The van der Waals surface area contributed by atoms with Crippen molar-refractivity contribution in [2.45, 2.75) is 0 Å². The Balaban J connectivity index is 2.62. The van der Waals surface area contributed by atoms with Gasteiger partial charge in [0.15, 0.2) is 5.75 Å². The Hall–Kier alpha value is -1.32. The average Bonchev–Trinajstić information content (AvgIpc) is 2.19. The Morgan fingerprint density at radius 3 is 3.25 bits per heavy atom. The lowest BCUT2D eigenvalue weighted by atomic mass is 10.7. The molecule has 0 aliphatic heterocycles. The number of aromatic amines is 1. The summed E-state index contributed by atoms with van der Waals surface area (Å²) in [6.07, 6.45) is 2.89. The van der Waals surface area contributed by atoms with Gasteiger partial charge in [0, 0.05) is 0 Å². The number of nitrogens with one attached hydrogen (secondary N) is 1. The molecule has 1 N–H and O–H groups in total. The molecule has 4 heteroatoms. The van der Waals surface area contributed by atoms with Crippen molar-refractivity contribution in [2.75, 3.05) is 0 Å². The first-order valence-corrected chi connectivity index (χ1v) is 2.02. The van der Waals surface area contributed by atoms with Gasteiger partial charge in [0.1, 0.15) is 0 Å². The molecule has 0 amide bonds. The van der Waals surface area contributed by atoms with Crippen molar-refractivity contribution in [3.63, 3.8) is 0 Å². The van der Waals surface area contributed by atoms with Crippen LogP contribution in [0.1, 0.15) is 0 Å². The molecule has 0 aliphatic rings. The van der Waals surface area contributed by atoms with E-state index in [-0.39, 0.29) is 0 Å². The van der Waals surface area contributed by atoms with Crippen molar-refractivity contribution >= 4 is 6.47 Å². The molecule has 0 spiro atoms. The fraction of sp³-hybridized carbons (Fsp3) is 0. The summed E-state index contributed by atoms with van der Waals surface area (Å²) in [5, 5.41) is 6.01. The van der Waals surface area contributed by atoms with E-state index in [0.29, 0.717) is 12.2 Å². The standard InChI is InChI=1S/C4H4N2O2/c7-3-8-4-1-5-6-2-4/h1-3H,(H,5,6). The van der Waals surface area contributed by atoms with Crippen LogP contribution in [0.25, 0.3) is 0 Å². The van der Waals surface area contributed by atoms with Gasteiger partial charge in [-0.2, -0.15) is 5.10 Å². The lowest BCUT2D eigenvalue weighted by molar-refractivity contribution is -0.120. The van der Waals surface area contributed by atoms with Crippen LogP contribution in [-0.4, -0.2) is 16.7 Å². The van der Waals surface area contributed by atoms with Crippen LogP contribution >= 0.6 is 0 Å². The number of hydrogen-bond donors (Lipinski definition) is 1. The molecule has 0 bridgehead atoms. The third-order valence-electron chi connectivity index (χ3n) is 0.657. The van der Waals surface area contributed by atoms with E-state index in [1.54, 1.807) is 0 Å². The van der Waals surface area contributed by atoms with E-state index >= 15 is 0 Å². The van der Waals surface area contributed by atoms with E-state index in [1.165, 1.54) is 12.4 Å². The highest BCUT2D eigenvalue weighted by atomic mass is 16.5. The van der Waals surface area contributed by atoms with Crippen molar-refractivity contribution in [3.05, 3.63) is 12.4 Å². The predicted molar refractivity (Wildman–Crippen MR) is 25.3 cm³/mol. The highest BCUT2D eigenvalue weighted by Crippen LogP contribution is 2.01. The molecular weight excluding hydrogens is 108 g/mol. The maximum atomic E-state index is 9.61. The third-order valence-corrected chi connectivity index (χ3v) is 0.657. The first kappa shape index (κ1) is 4.83. The van der Waals surface area contributed by atoms with Crippen LogP contribution in [0, 0.1) is 0 Å². The first-order chi connectivity index (χ1) is 3.93. The third kappa shape index (κ3) is 0.841. The van der Waals surface area contributed by atoms with Gasteiger partial charge in [0.25, 0.3) is 6.47 Å². The summed E-state index contributed by atoms with van der Waals surface area (Å²) in [6.45, 7) is 0.352. The van der Waals surface area contributed by atoms with E-state index in [4.69, 9.17) is 0 Å². The second-order valence-corrected chi connectivity index (χ2v) is 1.15. The van der Waals surface area contributed by atoms with Gasteiger partial charge in [-0.3, -0.25) is 9.89 Å². The Morgan fingerprint density at radius 2 is 2.75 bits per heavy atom. The van der Waals surface area contributed by atoms with Gasteiger partial charge in [-0.1, -0.05) is 0 Å². The van der Waals surface area contributed by atoms with Crippen LogP contribution in [0.2, 0.25) is 0 Å². The minimum absolute atomic E-state index is 0.352. The van der Waals surface area contributed by atoms with E-state index in [1.807, 2.05) is 0 Å². The average molecular weight is 112 g/mol. The number of nitrogens with zero attached hydrogens (tertiary/aromatic N) is 1. The fourth-order valence-electron chi connectivity index (χ4n) is 0.359. The van der Waals surface area contributed by atoms with Gasteiger partial charge in [0.2, 0.25) is 0 Å². The fourth-order valence-corrected chi connectivity index (χ4v) is 0.359. The Bertz CT molecular complexity index is 159. The lowest BCUT2D eigenvalue weighted by Gasteiger charge is -1.83. The zero-order valence-electron chi connectivity index (χ0n) is 4.00. The first-order valence-electron chi connectivity index (χ1n) is 2.02. The molecule has 1 aromatic rings. The molecule has 4 nitrogen and oxygen atoms in total. The van der Waals surface area contributed by atoms with Gasteiger partial charge in [0.05, 0.1) is 12.4 Å². The summed E-state index contributed by atoms with van der Waals surface area (Å²) in [7, 11) is 0. The number of ether oxygens (including phenoxy) is 1. The maximum Gasteiger partial charge on any atom is 0.298 e. The number of carbonyl (C=O) groups is 1. The SMILES string of the molecule is O=COc1cn[nH]c1. The molecule has 0 aromatic carbocycles. The Morgan fingerprint density at radius 1 is 1.88 bits per heavy atom. The highest BCUT2D eigenvalue weighted by molar-refractivity contribution is 5.43. The molecular formula is C4H4N2O2. The summed E-state index contributed by atoms with van der Waals surface area (Å²) in [5.74, 6) is 0.431. The van der Waals surface area contributed by atoms with Crippen molar-refractivity contribution in [3.8, 4) is 5.75 Å². The van der Waals surface area contributed by atoms with Gasteiger partial charge < -0.3 is 4.74 Å². The molecule has 1 aromatic heterocycles. The van der Waals surface area contributed by atoms with E-state index < -0.39 is 0 Å². The highest BCUT2D eigenvalue weighted by Gasteiger charge is 1.87. The van der Waals surface area contributed by atoms with Crippen LogP contribution in [-0.2, 0) is 4.79 Å². The number of H-pyrrole nitrogens is 1. The Labute approximate surface area is 45.5 Å². The molecule has 0 saturated carbocycles. The predicted octanol–water partition coefficient (Wildman–Crippen LogP) is -0.0551. The molecule has 0 saturated heterocycles. The molecule has 0 fully saturated rings. The quantitative estimate of drug-likeness (QED) is 0.545. The van der Waals surface area contributed by atoms with Crippen molar-refractivity contribution < 1.29 is 9.53 Å². The monoisotopic (exact) mass is 112 g/mol. The van der Waals surface area contributed by atoms with Crippen LogP contribution in [0.4, 0.5) is 0 Å². The smallest absolute Gasteiger partial charge is 0.298 e. The molecule has 1 rings (SSSR count). The minimum atomic E-state index is 0.352. The molecule has 1 heterocycles. The van der Waals surface area contributed by atoms with E-state index in [9.17, 15) is 4.79 Å². The summed E-state index contributed by atoms with van der Waals surface area (Å²) in [4.78, 5) is 9.61. The van der Waals surface area contributed by atoms with Crippen LogP contribution in [0.15, 0.2) is 12.4 Å². The summed E-state index contributed by atoms with van der Waals surface area (Å²) in [6, 6.07) is 0. The second kappa shape index (κ2) is 2.11. The summed E-state index contributed by atoms with van der Waals surface area (Å²) < 4.78 is 4.37. The normalized spacial score (nSPS) is 8.50. The molecule has 8 heavy (non-hydrogen) atoms. The van der Waals surface area contributed by atoms with Gasteiger partial charge in [-0.05, 0) is 0 Å². The lowest BCUT2D eigenvalue weighted by Crippen LogP contribution is -1.84. The van der Waals surface area contributed by atoms with Crippen molar-refractivity contribution in [1.29, 1.82) is 0 Å². The Kier molecular flexibility index (Phi) is 1.27. The van der Waals surface area contributed by atoms with E-state index in [0.717, 1.165) is 0 Å². The largest absolute Gasteiger partial charge is 0.425 e. The molecule has 0 atom stereocenters. The maximum absolute atomic E-state index is 9.61. The van der Waals surface area contributed by atoms with Crippen LogP contribution < -0.4 is 4.74 Å². The molecule has 0 aliphatic carbocycles. The van der Waals surface area contributed by atoms with Crippen LogP contribution in [0.5, 0.6) is 5.75 Å². The van der Waals surface area contributed by atoms with Gasteiger partial charge >= 0.3 is 0 Å². The molecule has 0 radical (unpaired) electrons. The number of hydrogen-bond acceptors (Lipinski definition) is 3. The van der Waals surface area contributed by atoms with Gasteiger partial charge in [-0.15, -0.1) is 0 Å². The second-order valence-electron chi connectivity index (χ2n) is 1.15. The van der Waals surface area contributed by atoms with E-state index in [2.05, 4.69) is 14.9 Å². The minimum Gasteiger partial charge on any atom is -0.425 e. The zero-order chi connectivity index (χ0) is 5.82. The number of carbonyl (C=O) groups excluding carboxylic acids is 1. The van der Waals surface area contributed by atoms with Crippen LogP contribution in [0.3, 0.4) is 0 Å². The number of rotatable bonds is 2. The summed E-state index contributed by atoms with van der Waals surface area (Å²) in [5.41, 5.74) is 0. The van der Waals surface area contributed by atoms with Crippen molar-refractivity contribution in [2.24, 2.45) is 0 Å². The topological polar surface area (TPSA) is 55.0 Å².